The standard InChI is InChI=1S/C37H59BO5/c1-30(2)17-19-37(29(40)41-12)20-18-36(11)28(23(37)22-30)24(39)21-26-34(9)15-14-27(38-42-32(5,6)33(7,8)43-38)31(3,4)25(34)13-16-35(26,36)10/h14,23,25-26,28H,13,15-22H2,1-12H3/t23-,25-,26+,28-,34-,35+,36+,37-/m0/s1. The Hall–Kier alpha value is -1.14. The van der Waals surface area contributed by atoms with Crippen LogP contribution in [0.5, 0.6) is 0 Å². The Morgan fingerprint density at radius 3 is 2.05 bits per heavy atom. The molecule has 0 aromatic carbocycles. The summed E-state index contributed by atoms with van der Waals surface area (Å²) in [6.07, 6.45) is 10.9. The van der Waals surface area contributed by atoms with Crippen molar-refractivity contribution in [2.75, 3.05) is 7.11 Å². The summed E-state index contributed by atoms with van der Waals surface area (Å²) in [5, 5.41) is 0. The van der Waals surface area contributed by atoms with Gasteiger partial charge in [-0.15, -0.1) is 0 Å². The van der Waals surface area contributed by atoms with Crippen LogP contribution in [0.3, 0.4) is 0 Å². The maximum Gasteiger partial charge on any atom is 0.490 e. The molecule has 0 bridgehead atoms. The van der Waals surface area contributed by atoms with Crippen LogP contribution >= 0.6 is 0 Å². The van der Waals surface area contributed by atoms with Crippen LogP contribution in [0.2, 0.25) is 0 Å². The fourth-order valence-electron chi connectivity index (χ4n) is 12.3. The highest BCUT2D eigenvalue weighted by Crippen LogP contribution is 2.76. The van der Waals surface area contributed by atoms with Crippen LogP contribution in [-0.2, 0) is 23.6 Å². The third-order valence-electron chi connectivity index (χ3n) is 15.8. The molecule has 6 heteroatoms. The minimum absolute atomic E-state index is 0.00992. The monoisotopic (exact) mass is 594 g/mol. The van der Waals surface area contributed by atoms with E-state index >= 15 is 0 Å². The summed E-state index contributed by atoms with van der Waals surface area (Å²) >= 11 is 0. The summed E-state index contributed by atoms with van der Waals surface area (Å²) < 4.78 is 18.7. The second-order valence-corrected chi connectivity index (χ2v) is 18.9. The number of hydrogen-bond donors (Lipinski definition) is 0. The van der Waals surface area contributed by atoms with Crippen molar-refractivity contribution in [1.82, 2.24) is 0 Å². The first-order valence-electron chi connectivity index (χ1n) is 17.3. The number of hydrogen-bond acceptors (Lipinski definition) is 5. The van der Waals surface area contributed by atoms with Gasteiger partial charge in [0.1, 0.15) is 5.78 Å². The molecular formula is C37H59BO5. The highest BCUT2D eigenvalue weighted by atomic mass is 16.7. The number of ketones is 1. The molecule has 0 unspecified atom stereocenters. The van der Waals surface area contributed by atoms with E-state index in [0.717, 1.165) is 51.4 Å². The molecule has 8 atom stereocenters. The normalized spacial score (nSPS) is 47.4. The number of rotatable bonds is 2. The third-order valence-corrected chi connectivity index (χ3v) is 15.8. The molecule has 0 spiro atoms. The molecule has 5 aliphatic carbocycles. The first kappa shape index (κ1) is 31.8. The van der Waals surface area contributed by atoms with E-state index in [1.807, 2.05) is 0 Å². The summed E-state index contributed by atoms with van der Waals surface area (Å²) in [7, 11) is 1.22. The van der Waals surface area contributed by atoms with Crippen molar-refractivity contribution in [3.8, 4) is 0 Å². The van der Waals surface area contributed by atoms with E-state index in [1.165, 1.54) is 5.47 Å². The van der Waals surface area contributed by atoms with Crippen molar-refractivity contribution in [3.05, 3.63) is 11.5 Å². The Balaban J connectivity index is 1.38. The van der Waals surface area contributed by atoms with Crippen LogP contribution in [0.25, 0.3) is 0 Å². The molecule has 6 aliphatic rings. The number of ether oxygens (including phenoxy) is 1. The Kier molecular flexibility index (Phi) is 6.84. The molecule has 5 nitrogen and oxygen atoms in total. The van der Waals surface area contributed by atoms with E-state index < -0.39 is 5.41 Å². The molecular weight excluding hydrogens is 535 g/mol. The van der Waals surface area contributed by atoms with Crippen LogP contribution in [-0.4, -0.2) is 37.2 Å². The van der Waals surface area contributed by atoms with E-state index in [4.69, 9.17) is 14.0 Å². The van der Waals surface area contributed by atoms with Gasteiger partial charge in [0.05, 0.1) is 23.7 Å². The van der Waals surface area contributed by atoms with Crippen molar-refractivity contribution in [2.45, 2.75) is 145 Å². The highest BCUT2D eigenvalue weighted by molar-refractivity contribution is 6.55. The van der Waals surface area contributed by atoms with Gasteiger partial charge in [0, 0.05) is 12.3 Å². The Bertz CT molecular complexity index is 1230. The molecule has 0 radical (unpaired) electrons. The minimum Gasteiger partial charge on any atom is -0.469 e. The smallest absolute Gasteiger partial charge is 0.469 e. The van der Waals surface area contributed by atoms with Crippen molar-refractivity contribution in [3.63, 3.8) is 0 Å². The van der Waals surface area contributed by atoms with E-state index in [9.17, 15) is 9.59 Å². The summed E-state index contributed by atoms with van der Waals surface area (Å²) in [4.78, 5) is 28.3. The lowest BCUT2D eigenvalue weighted by molar-refractivity contribution is -0.232. The van der Waals surface area contributed by atoms with Crippen LogP contribution in [0.15, 0.2) is 11.5 Å². The molecule has 4 saturated carbocycles. The average Bonchev–Trinajstić information content (AvgIpc) is 3.10. The van der Waals surface area contributed by atoms with Gasteiger partial charge < -0.3 is 14.0 Å². The molecule has 1 saturated heterocycles. The minimum atomic E-state index is -0.512. The van der Waals surface area contributed by atoms with Crippen molar-refractivity contribution in [2.24, 2.45) is 56.2 Å². The number of esters is 1. The molecule has 240 valence electrons. The molecule has 0 aromatic heterocycles. The van der Waals surface area contributed by atoms with Crippen LogP contribution < -0.4 is 0 Å². The van der Waals surface area contributed by atoms with Gasteiger partial charge in [0.25, 0.3) is 0 Å². The maximum atomic E-state index is 14.7. The summed E-state index contributed by atoms with van der Waals surface area (Å²) in [5.41, 5.74) is -0.0170. The third kappa shape index (κ3) is 4.02. The molecule has 43 heavy (non-hydrogen) atoms. The zero-order valence-corrected chi connectivity index (χ0v) is 29.4. The molecule has 5 fully saturated rings. The predicted molar refractivity (Wildman–Crippen MR) is 171 cm³/mol. The lowest BCUT2D eigenvalue weighted by Gasteiger charge is -2.72. The molecule has 0 aromatic rings. The largest absolute Gasteiger partial charge is 0.490 e. The van der Waals surface area contributed by atoms with Gasteiger partial charge in [-0.3, -0.25) is 9.59 Å². The molecule has 0 N–H and O–H groups in total. The summed E-state index contributed by atoms with van der Waals surface area (Å²) in [6, 6.07) is 0. The van der Waals surface area contributed by atoms with Crippen molar-refractivity contribution >= 4 is 18.9 Å². The second kappa shape index (κ2) is 9.23. The van der Waals surface area contributed by atoms with Crippen LogP contribution in [0.4, 0.5) is 0 Å². The highest BCUT2D eigenvalue weighted by Gasteiger charge is 2.73. The Morgan fingerprint density at radius 1 is 0.837 bits per heavy atom. The lowest BCUT2D eigenvalue weighted by Crippen LogP contribution is -2.69. The SMILES string of the molecule is COC(=O)[C@]12CCC(C)(C)C[C@H]1[C@H]1C(=O)C[C@@H]3[C@@]4(C)CC=C(B5OC(C)(C)C(C)(C)O5)C(C)(C)[C@@H]4CC[C@@]3(C)[C@]1(C)CC2. The molecule has 6 rings (SSSR count). The summed E-state index contributed by atoms with van der Waals surface area (Å²) in [6.45, 7) is 25.5. The number of carbonyl (C=O) groups excluding carboxylic acids is 2. The van der Waals surface area contributed by atoms with E-state index in [-0.39, 0.29) is 63.2 Å². The Labute approximate surface area is 262 Å². The number of methoxy groups -OCH3 is 1. The van der Waals surface area contributed by atoms with Crippen molar-refractivity contribution < 1.29 is 23.6 Å². The topological polar surface area (TPSA) is 61.8 Å². The van der Waals surface area contributed by atoms with Gasteiger partial charge in [-0.05, 0) is 129 Å². The molecule has 1 aliphatic heterocycles. The van der Waals surface area contributed by atoms with Gasteiger partial charge in [-0.1, -0.05) is 54.5 Å². The van der Waals surface area contributed by atoms with Crippen LogP contribution in [0, 0.1) is 56.2 Å². The average molecular weight is 595 g/mol. The molecule has 0 amide bonds. The van der Waals surface area contributed by atoms with Crippen LogP contribution in [0.1, 0.15) is 134 Å². The number of fused-ring (bicyclic) bond motifs is 7. The maximum absolute atomic E-state index is 14.7. The summed E-state index contributed by atoms with van der Waals surface area (Å²) in [5.74, 6) is 1.09. The first-order valence-corrected chi connectivity index (χ1v) is 17.3. The van der Waals surface area contributed by atoms with E-state index in [2.05, 4.69) is 82.2 Å². The zero-order chi connectivity index (χ0) is 31.8. The quantitative estimate of drug-likeness (QED) is 0.237. The van der Waals surface area contributed by atoms with Gasteiger partial charge >= 0.3 is 13.1 Å². The number of carbonyl (C=O) groups is 2. The van der Waals surface area contributed by atoms with E-state index in [0.29, 0.717) is 24.0 Å². The lowest BCUT2D eigenvalue weighted by atomic mass is 9.31. The van der Waals surface area contributed by atoms with Crippen molar-refractivity contribution in [1.29, 1.82) is 0 Å². The fourth-order valence-corrected chi connectivity index (χ4v) is 12.3. The van der Waals surface area contributed by atoms with Gasteiger partial charge in [0.15, 0.2) is 0 Å². The predicted octanol–water partition coefficient (Wildman–Crippen LogP) is 8.39. The Morgan fingerprint density at radius 2 is 1.44 bits per heavy atom. The van der Waals surface area contributed by atoms with E-state index in [1.54, 1.807) is 7.11 Å². The number of allylic oxidation sites excluding steroid dienone is 2. The molecule has 1 heterocycles. The number of Topliss-reactive ketones (excluding diaryl/α,β-unsaturated/α-hetero) is 1. The second-order valence-electron chi connectivity index (χ2n) is 18.9. The first-order chi connectivity index (χ1) is 19.6. The van der Waals surface area contributed by atoms with Gasteiger partial charge in [-0.25, -0.2) is 0 Å². The zero-order valence-electron chi connectivity index (χ0n) is 29.4. The van der Waals surface area contributed by atoms with Gasteiger partial charge in [-0.2, -0.15) is 0 Å². The fraction of sp³-hybridized carbons (Fsp3) is 0.892. The van der Waals surface area contributed by atoms with Gasteiger partial charge in [0.2, 0.25) is 0 Å².